The molecule has 0 aliphatic heterocycles. The summed E-state index contributed by atoms with van der Waals surface area (Å²) in [7, 11) is 0. The minimum atomic E-state index is -0.111. The highest BCUT2D eigenvalue weighted by molar-refractivity contribution is 5.79. The number of hydrogen-bond acceptors (Lipinski definition) is 2. The Hall–Kier alpha value is -1.35. The van der Waals surface area contributed by atoms with Crippen LogP contribution in [0, 0.1) is 5.92 Å². The third-order valence-electron chi connectivity index (χ3n) is 3.84. The third kappa shape index (κ3) is 4.34. The second-order valence-corrected chi connectivity index (χ2v) is 5.54. The summed E-state index contributed by atoms with van der Waals surface area (Å²) < 4.78 is 0. The first-order chi connectivity index (χ1) is 9.53. The Labute approximate surface area is 123 Å². The summed E-state index contributed by atoms with van der Waals surface area (Å²) in [6, 6.07) is 8.53. The molecule has 0 fully saturated rings. The minimum absolute atomic E-state index is 0.111. The molecular weight excluding hydrogens is 248 g/mol. The number of rotatable bonds is 7. The molecule has 1 unspecified atom stereocenters. The molecule has 0 heterocycles. The monoisotopic (exact) mass is 276 g/mol. The first-order valence-corrected chi connectivity index (χ1v) is 7.61. The van der Waals surface area contributed by atoms with Crippen molar-refractivity contribution in [1.29, 1.82) is 0 Å². The molecule has 20 heavy (non-hydrogen) atoms. The zero-order chi connectivity index (χ0) is 15.1. The van der Waals surface area contributed by atoms with E-state index in [9.17, 15) is 4.79 Å². The van der Waals surface area contributed by atoms with Crippen LogP contribution in [-0.2, 0) is 11.2 Å². The van der Waals surface area contributed by atoms with Crippen molar-refractivity contribution < 1.29 is 4.79 Å². The quantitative estimate of drug-likeness (QED) is 0.832. The summed E-state index contributed by atoms with van der Waals surface area (Å²) in [4.78, 5) is 14.2. The van der Waals surface area contributed by atoms with Gasteiger partial charge in [-0.15, -0.1) is 0 Å². The van der Waals surface area contributed by atoms with Gasteiger partial charge >= 0.3 is 0 Å². The molecule has 0 aliphatic rings. The maximum atomic E-state index is 12.4. The molecule has 3 heteroatoms. The van der Waals surface area contributed by atoms with Crippen LogP contribution in [0.2, 0.25) is 0 Å². The highest BCUT2D eigenvalue weighted by atomic mass is 16.2. The Kier molecular flexibility index (Phi) is 6.73. The van der Waals surface area contributed by atoms with Gasteiger partial charge in [0.2, 0.25) is 5.91 Å². The smallest absolute Gasteiger partial charge is 0.227 e. The van der Waals surface area contributed by atoms with E-state index in [4.69, 9.17) is 5.73 Å². The van der Waals surface area contributed by atoms with Gasteiger partial charge in [-0.3, -0.25) is 4.79 Å². The van der Waals surface area contributed by atoms with Crippen LogP contribution in [0.3, 0.4) is 0 Å². The average molecular weight is 276 g/mol. The lowest BCUT2D eigenvalue weighted by Crippen LogP contribution is -2.39. The largest absolute Gasteiger partial charge is 0.343 e. The number of benzene rings is 1. The summed E-state index contributed by atoms with van der Waals surface area (Å²) in [5.74, 6) is 0.594. The Morgan fingerprint density at radius 3 is 2.10 bits per heavy atom. The van der Waals surface area contributed by atoms with E-state index >= 15 is 0 Å². The molecule has 0 bridgehead atoms. The van der Waals surface area contributed by atoms with E-state index in [1.807, 2.05) is 18.7 Å². The van der Waals surface area contributed by atoms with Crippen molar-refractivity contribution in [3.8, 4) is 0 Å². The van der Waals surface area contributed by atoms with Gasteiger partial charge in [0.15, 0.2) is 0 Å². The predicted molar refractivity (Wildman–Crippen MR) is 84.7 cm³/mol. The van der Waals surface area contributed by atoms with Crippen LogP contribution in [0.1, 0.15) is 44.7 Å². The summed E-state index contributed by atoms with van der Waals surface area (Å²) in [6.07, 6.45) is 0.726. The molecule has 0 saturated heterocycles. The van der Waals surface area contributed by atoms with Gasteiger partial charge in [-0.25, -0.2) is 0 Å². The number of hydrogen-bond donors (Lipinski definition) is 1. The van der Waals surface area contributed by atoms with Gasteiger partial charge in [-0.2, -0.15) is 0 Å². The average Bonchev–Trinajstić information content (AvgIpc) is 2.46. The fourth-order valence-electron chi connectivity index (χ4n) is 2.39. The van der Waals surface area contributed by atoms with Crippen molar-refractivity contribution in [3.63, 3.8) is 0 Å². The number of nitrogens with two attached hydrogens (primary N) is 1. The summed E-state index contributed by atoms with van der Waals surface area (Å²) in [5.41, 5.74) is 8.31. The molecule has 0 radical (unpaired) electrons. The van der Waals surface area contributed by atoms with Gasteiger partial charge in [0.25, 0.3) is 0 Å². The second-order valence-electron chi connectivity index (χ2n) is 5.54. The van der Waals surface area contributed by atoms with E-state index in [-0.39, 0.29) is 11.8 Å². The summed E-state index contributed by atoms with van der Waals surface area (Å²) in [5, 5.41) is 0. The topological polar surface area (TPSA) is 46.3 Å². The van der Waals surface area contributed by atoms with Gasteiger partial charge in [0.05, 0.1) is 5.92 Å². The minimum Gasteiger partial charge on any atom is -0.343 e. The zero-order valence-corrected chi connectivity index (χ0v) is 13.2. The molecule has 1 aromatic carbocycles. The Morgan fingerprint density at radius 1 is 1.15 bits per heavy atom. The lowest BCUT2D eigenvalue weighted by atomic mass is 9.95. The van der Waals surface area contributed by atoms with E-state index in [0.29, 0.717) is 12.5 Å². The summed E-state index contributed by atoms with van der Waals surface area (Å²) in [6.45, 7) is 10.3. The molecule has 1 aromatic rings. The maximum absolute atomic E-state index is 12.4. The van der Waals surface area contributed by atoms with E-state index in [2.05, 4.69) is 38.1 Å². The van der Waals surface area contributed by atoms with E-state index in [1.54, 1.807) is 0 Å². The number of amides is 1. The molecule has 0 saturated carbocycles. The number of carbonyl (C=O) groups is 1. The van der Waals surface area contributed by atoms with Crippen molar-refractivity contribution in [1.82, 2.24) is 4.90 Å². The van der Waals surface area contributed by atoms with Crippen LogP contribution in [-0.4, -0.2) is 30.4 Å². The van der Waals surface area contributed by atoms with Crippen LogP contribution in [0.15, 0.2) is 24.3 Å². The van der Waals surface area contributed by atoms with E-state index in [1.165, 1.54) is 11.1 Å². The molecule has 0 aromatic heterocycles. The zero-order valence-electron chi connectivity index (χ0n) is 13.2. The molecule has 0 aliphatic carbocycles. The fraction of sp³-hybridized carbons (Fsp3) is 0.588. The highest BCUT2D eigenvalue weighted by Crippen LogP contribution is 2.17. The highest BCUT2D eigenvalue weighted by Gasteiger charge is 2.21. The van der Waals surface area contributed by atoms with Gasteiger partial charge in [-0.05, 0) is 37.3 Å². The summed E-state index contributed by atoms with van der Waals surface area (Å²) >= 11 is 0. The van der Waals surface area contributed by atoms with Crippen molar-refractivity contribution in [2.75, 3.05) is 19.6 Å². The third-order valence-corrected chi connectivity index (χ3v) is 3.84. The molecular formula is C17H28N2O. The number of nitrogens with zero attached hydrogens (tertiary/aromatic N) is 1. The lowest BCUT2D eigenvalue weighted by molar-refractivity contribution is -0.134. The second kappa shape index (κ2) is 8.05. The van der Waals surface area contributed by atoms with Gasteiger partial charge in [0.1, 0.15) is 0 Å². The fourth-order valence-corrected chi connectivity index (χ4v) is 2.39. The van der Waals surface area contributed by atoms with Crippen LogP contribution in [0.25, 0.3) is 0 Å². The Morgan fingerprint density at radius 2 is 1.70 bits per heavy atom. The van der Waals surface area contributed by atoms with Crippen LogP contribution in [0.4, 0.5) is 0 Å². The SMILES string of the molecule is CCN(CC)C(=O)C(CN)Cc1ccc(C(C)C)cc1. The van der Waals surface area contributed by atoms with Crippen molar-refractivity contribution >= 4 is 5.91 Å². The van der Waals surface area contributed by atoms with Crippen LogP contribution >= 0.6 is 0 Å². The normalized spacial score (nSPS) is 12.5. The number of carbonyl (C=O) groups excluding carboxylic acids is 1. The molecule has 1 amide bonds. The molecule has 3 nitrogen and oxygen atoms in total. The Bertz CT molecular complexity index is 408. The van der Waals surface area contributed by atoms with Crippen LogP contribution in [0.5, 0.6) is 0 Å². The van der Waals surface area contributed by atoms with Crippen molar-refractivity contribution in [2.24, 2.45) is 11.7 Å². The maximum Gasteiger partial charge on any atom is 0.227 e. The van der Waals surface area contributed by atoms with Crippen LogP contribution < -0.4 is 5.73 Å². The molecule has 1 rings (SSSR count). The van der Waals surface area contributed by atoms with Gasteiger partial charge < -0.3 is 10.6 Å². The lowest BCUT2D eigenvalue weighted by Gasteiger charge is -2.24. The van der Waals surface area contributed by atoms with E-state index in [0.717, 1.165) is 19.5 Å². The van der Waals surface area contributed by atoms with Gasteiger partial charge in [0, 0.05) is 19.6 Å². The molecule has 112 valence electrons. The van der Waals surface area contributed by atoms with Crippen molar-refractivity contribution in [2.45, 2.75) is 40.0 Å². The molecule has 1 atom stereocenters. The first-order valence-electron chi connectivity index (χ1n) is 7.61. The first kappa shape index (κ1) is 16.7. The predicted octanol–water partition coefficient (Wildman–Crippen LogP) is 2.80. The molecule has 0 spiro atoms. The standard InChI is InChI=1S/C17H28N2O/c1-5-19(6-2)17(20)16(12-18)11-14-7-9-15(10-8-14)13(3)4/h7-10,13,16H,5-6,11-12,18H2,1-4H3. The Balaban J connectivity index is 2.75. The van der Waals surface area contributed by atoms with E-state index < -0.39 is 0 Å². The molecule has 2 N–H and O–H groups in total. The van der Waals surface area contributed by atoms with Crippen molar-refractivity contribution in [3.05, 3.63) is 35.4 Å². The van der Waals surface area contributed by atoms with Gasteiger partial charge in [-0.1, -0.05) is 38.1 Å².